The third kappa shape index (κ3) is 1.63. The zero-order chi connectivity index (χ0) is 13.9. The molecule has 3 fully saturated rings. The van der Waals surface area contributed by atoms with Crippen molar-refractivity contribution in [2.75, 3.05) is 0 Å². The van der Waals surface area contributed by atoms with Crippen LogP contribution < -0.4 is 0 Å². The summed E-state index contributed by atoms with van der Waals surface area (Å²) in [5.74, 6) is 3.66. The maximum absolute atomic E-state index is 12.3. The summed E-state index contributed by atoms with van der Waals surface area (Å²) in [6.45, 7) is 2.24. The number of ketones is 2. The Bertz CT molecular complexity index is 504. The molecule has 0 spiro atoms. The van der Waals surface area contributed by atoms with Crippen molar-refractivity contribution in [2.45, 2.75) is 58.3 Å². The summed E-state index contributed by atoms with van der Waals surface area (Å²) in [6, 6.07) is 0. The van der Waals surface area contributed by atoms with Crippen LogP contribution in [0.4, 0.5) is 0 Å². The van der Waals surface area contributed by atoms with Crippen LogP contribution in [0.15, 0.2) is 11.6 Å². The normalized spacial score (nSPS) is 47.4. The number of fused-ring (bicyclic) bond motifs is 5. The number of hydrogen-bond donors (Lipinski definition) is 0. The molecule has 2 nitrogen and oxygen atoms in total. The maximum Gasteiger partial charge on any atom is 0.155 e. The molecule has 0 radical (unpaired) electrons. The Labute approximate surface area is 121 Å². The van der Waals surface area contributed by atoms with Crippen molar-refractivity contribution in [1.82, 2.24) is 0 Å². The molecular weight excluding hydrogens is 248 g/mol. The average molecular weight is 272 g/mol. The van der Waals surface area contributed by atoms with E-state index in [1.165, 1.54) is 18.4 Å². The number of Topliss-reactive ketones (excluding diaryl/α,β-unsaturated/α-hetero) is 1. The number of allylic oxidation sites excluding steroid dienone is 1. The first-order chi connectivity index (χ1) is 9.59. The van der Waals surface area contributed by atoms with Gasteiger partial charge in [-0.05, 0) is 68.3 Å². The summed E-state index contributed by atoms with van der Waals surface area (Å²) >= 11 is 0. The molecule has 0 aromatic heterocycles. The topological polar surface area (TPSA) is 34.1 Å². The molecule has 0 amide bonds. The molecule has 2 heteroatoms. The van der Waals surface area contributed by atoms with Crippen LogP contribution in [0.3, 0.4) is 0 Å². The molecular formula is C18H24O2. The monoisotopic (exact) mass is 272 g/mol. The van der Waals surface area contributed by atoms with Gasteiger partial charge in [0, 0.05) is 18.3 Å². The van der Waals surface area contributed by atoms with Gasteiger partial charge in [-0.3, -0.25) is 9.59 Å². The second-order valence-corrected chi connectivity index (χ2v) is 7.72. The fourth-order valence-electron chi connectivity index (χ4n) is 5.95. The molecule has 0 N–H and O–H groups in total. The van der Waals surface area contributed by atoms with Crippen molar-refractivity contribution >= 4 is 11.6 Å². The number of hydrogen-bond acceptors (Lipinski definition) is 2. The minimum Gasteiger partial charge on any atom is -0.299 e. The van der Waals surface area contributed by atoms with Crippen LogP contribution in [-0.2, 0) is 9.59 Å². The zero-order valence-electron chi connectivity index (χ0n) is 12.4. The van der Waals surface area contributed by atoms with E-state index in [2.05, 4.69) is 6.92 Å². The van der Waals surface area contributed by atoms with Crippen LogP contribution in [0.1, 0.15) is 58.3 Å². The van der Waals surface area contributed by atoms with E-state index < -0.39 is 0 Å². The summed E-state index contributed by atoms with van der Waals surface area (Å²) in [4.78, 5) is 23.9. The first kappa shape index (κ1) is 12.8. The van der Waals surface area contributed by atoms with E-state index in [0.29, 0.717) is 23.4 Å². The predicted molar refractivity (Wildman–Crippen MR) is 77.1 cm³/mol. The van der Waals surface area contributed by atoms with E-state index in [-0.39, 0.29) is 5.41 Å². The van der Waals surface area contributed by atoms with Crippen molar-refractivity contribution in [2.24, 2.45) is 29.1 Å². The number of rotatable bonds is 0. The third-order valence-electron chi connectivity index (χ3n) is 7.01. The van der Waals surface area contributed by atoms with Gasteiger partial charge in [0.1, 0.15) is 5.78 Å². The lowest BCUT2D eigenvalue weighted by molar-refractivity contribution is -0.131. The minimum absolute atomic E-state index is 0.00707. The lowest BCUT2D eigenvalue weighted by Gasteiger charge is -2.52. The molecule has 0 aliphatic heterocycles. The molecule has 3 saturated carbocycles. The lowest BCUT2D eigenvalue weighted by atomic mass is 9.52. The molecule has 0 bridgehead atoms. The summed E-state index contributed by atoms with van der Waals surface area (Å²) in [5.41, 5.74) is 1.43. The average Bonchev–Trinajstić information content (AvgIpc) is 2.74. The molecule has 108 valence electrons. The minimum atomic E-state index is -0.00707. The van der Waals surface area contributed by atoms with Crippen LogP contribution in [0.5, 0.6) is 0 Å². The highest BCUT2D eigenvalue weighted by Crippen LogP contribution is 2.60. The fourth-order valence-corrected chi connectivity index (χ4v) is 5.95. The highest BCUT2D eigenvalue weighted by Gasteiger charge is 2.55. The van der Waals surface area contributed by atoms with E-state index in [0.717, 1.165) is 50.4 Å². The molecule has 20 heavy (non-hydrogen) atoms. The standard InChI is InChI=1S/C18H24O2/c1-18-9-8-14-13-5-3-12(19)10-11(13)2-4-15(14)16(18)6-7-17(18)20/h10,13-16H,2-9H2,1H3/t13-,14+,15?,16-,18-/m0/s1. The molecule has 0 aromatic carbocycles. The Morgan fingerprint density at radius 3 is 2.70 bits per heavy atom. The van der Waals surface area contributed by atoms with Gasteiger partial charge in [-0.25, -0.2) is 0 Å². The SMILES string of the molecule is C[C@]12CC[C@H]3C(CCC4=CC(=O)CC[C@@H]43)[C@@H]1CCC2=O. The predicted octanol–water partition coefficient (Wildman–Crippen LogP) is 3.70. The van der Waals surface area contributed by atoms with Gasteiger partial charge >= 0.3 is 0 Å². The molecule has 5 atom stereocenters. The quantitative estimate of drug-likeness (QED) is 0.674. The van der Waals surface area contributed by atoms with Gasteiger partial charge in [0.25, 0.3) is 0 Å². The Balaban J connectivity index is 1.65. The van der Waals surface area contributed by atoms with Crippen LogP contribution in [0.2, 0.25) is 0 Å². The van der Waals surface area contributed by atoms with E-state index in [1.807, 2.05) is 6.08 Å². The van der Waals surface area contributed by atoms with Gasteiger partial charge in [-0.2, -0.15) is 0 Å². The maximum atomic E-state index is 12.3. The Morgan fingerprint density at radius 2 is 1.85 bits per heavy atom. The Hall–Kier alpha value is -0.920. The van der Waals surface area contributed by atoms with E-state index >= 15 is 0 Å². The molecule has 0 saturated heterocycles. The second kappa shape index (κ2) is 4.29. The van der Waals surface area contributed by atoms with Gasteiger partial charge in [0.2, 0.25) is 0 Å². The summed E-state index contributed by atoms with van der Waals surface area (Å²) < 4.78 is 0. The van der Waals surface area contributed by atoms with Crippen LogP contribution in [0, 0.1) is 29.1 Å². The van der Waals surface area contributed by atoms with Crippen molar-refractivity contribution in [3.05, 3.63) is 11.6 Å². The highest BCUT2D eigenvalue weighted by molar-refractivity contribution is 5.91. The smallest absolute Gasteiger partial charge is 0.155 e. The summed E-state index contributed by atoms with van der Waals surface area (Å²) in [6.07, 6.45) is 10.3. The Morgan fingerprint density at radius 1 is 1.00 bits per heavy atom. The Kier molecular flexibility index (Phi) is 2.74. The first-order valence-corrected chi connectivity index (χ1v) is 8.36. The molecule has 0 heterocycles. The van der Waals surface area contributed by atoms with Gasteiger partial charge in [-0.1, -0.05) is 12.5 Å². The van der Waals surface area contributed by atoms with Crippen LogP contribution in [-0.4, -0.2) is 11.6 Å². The number of carbonyl (C=O) groups excluding carboxylic acids is 2. The highest BCUT2D eigenvalue weighted by atomic mass is 16.1. The second-order valence-electron chi connectivity index (χ2n) is 7.72. The van der Waals surface area contributed by atoms with Gasteiger partial charge in [-0.15, -0.1) is 0 Å². The lowest BCUT2D eigenvalue weighted by Crippen LogP contribution is -2.46. The van der Waals surface area contributed by atoms with Crippen LogP contribution >= 0.6 is 0 Å². The third-order valence-corrected chi connectivity index (χ3v) is 7.01. The van der Waals surface area contributed by atoms with Gasteiger partial charge in [0.05, 0.1) is 0 Å². The molecule has 4 rings (SSSR count). The zero-order valence-corrected chi connectivity index (χ0v) is 12.4. The molecule has 0 aromatic rings. The van der Waals surface area contributed by atoms with Crippen molar-refractivity contribution in [1.29, 1.82) is 0 Å². The van der Waals surface area contributed by atoms with E-state index in [1.54, 1.807) is 0 Å². The van der Waals surface area contributed by atoms with E-state index in [4.69, 9.17) is 0 Å². The molecule has 1 unspecified atom stereocenters. The fraction of sp³-hybridized carbons (Fsp3) is 0.778. The van der Waals surface area contributed by atoms with E-state index in [9.17, 15) is 9.59 Å². The van der Waals surface area contributed by atoms with Crippen molar-refractivity contribution in [3.8, 4) is 0 Å². The van der Waals surface area contributed by atoms with Gasteiger partial charge in [0.15, 0.2) is 5.78 Å². The number of carbonyl (C=O) groups is 2. The van der Waals surface area contributed by atoms with Crippen molar-refractivity contribution in [3.63, 3.8) is 0 Å². The largest absolute Gasteiger partial charge is 0.299 e. The summed E-state index contributed by atoms with van der Waals surface area (Å²) in [5, 5.41) is 0. The van der Waals surface area contributed by atoms with Crippen LogP contribution in [0.25, 0.3) is 0 Å². The van der Waals surface area contributed by atoms with Gasteiger partial charge < -0.3 is 0 Å². The molecule has 4 aliphatic rings. The van der Waals surface area contributed by atoms with Crippen molar-refractivity contribution < 1.29 is 9.59 Å². The molecule has 4 aliphatic carbocycles. The summed E-state index contributed by atoms with van der Waals surface area (Å²) in [7, 11) is 0. The first-order valence-electron chi connectivity index (χ1n) is 8.36.